The van der Waals surface area contributed by atoms with Gasteiger partial charge in [0.15, 0.2) is 0 Å². The number of nitrogens with zero attached hydrogens (tertiary/aromatic N) is 2. The van der Waals surface area contributed by atoms with Crippen LogP contribution in [-0.4, -0.2) is 21.7 Å². The zero-order valence-electron chi connectivity index (χ0n) is 12.9. The normalized spacial score (nSPS) is 10.2. The molecule has 2 rings (SSSR count). The molecule has 7 nitrogen and oxygen atoms in total. The van der Waals surface area contributed by atoms with Crippen LogP contribution < -0.4 is 5.32 Å². The first-order valence-electron chi connectivity index (χ1n) is 6.83. The van der Waals surface area contributed by atoms with Gasteiger partial charge in [-0.1, -0.05) is 17.2 Å². The van der Waals surface area contributed by atoms with Crippen molar-refractivity contribution in [2.75, 3.05) is 0 Å². The minimum Gasteiger partial charge on any atom is -0.288 e. The molecule has 0 bridgehead atoms. The van der Waals surface area contributed by atoms with Gasteiger partial charge < -0.3 is 0 Å². The monoisotopic (exact) mass is 313 g/mol. The van der Waals surface area contributed by atoms with Crippen LogP contribution in [0.25, 0.3) is 0 Å². The van der Waals surface area contributed by atoms with Gasteiger partial charge in [-0.05, 0) is 39.0 Å². The lowest BCUT2D eigenvalue weighted by Gasteiger charge is -2.07. The Balaban J connectivity index is 2.30. The number of rotatable bonds is 3. The maximum atomic E-state index is 12.2. The number of pyridine rings is 1. The number of nitrogens with one attached hydrogen (secondary N) is 1. The fourth-order valence-corrected chi connectivity index (χ4v) is 2.23. The quantitative estimate of drug-likeness (QED) is 0.533. The third kappa shape index (κ3) is 3.76. The van der Waals surface area contributed by atoms with E-state index >= 15 is 0 Å². The average molecular weight is 313 g/mol. The molecule has 1 aromatic heterocycles. The van der Waals surface area contributed by atoms with Crippen LogP contribution in [-0.2, 0) is 0 Å². The molecule has 0 atom stereocenters. The first-order chi connectivity index (χ1) is 10.8. The van der Waals surface area contributed by atoms with Crippen LogP contribution in [0.2, 0.25) is 0 Å². The van der Waals surface area contributed by atoms with Crippen LogP contribution in [0.15, 0.2) is 30.5 Å². The molecule has 0 aliphatic rings. The number of nitro groups is 1. The van der Waals surface area contributed by atoms with Gasteiger partial charge in [0.25, 0.3) is 17.5 Å². The third-order valence-electron chi connectivity index (χ3n) is 3.17. The molecule has 0 aliphatic carbocycles. The van der Waals surface area contributed by atoms with Gasteiger partial charge in [0.05, 0.1) is 4.92 Å². The molecule has 0 saturated heterocycles. The van der Waals surface area contributed by atoms with E-state index in [1.54, 1.807) is 19.1 Å². The van der Waals surface area contributed by atoms with Crippen LogP contribution in [0.5, 0.6) is 0 Å². The third-order valence-corrected chi connectivity index (χ3v) is 3.17. The van der Waals surface area contributed by atoms with Crippen molar-refractivity contribution in [1.29, 1.82) is 0 Å². The van der Waals surface area contributed by atoms with E-state index in [-0.39, 0.29) is 5.56 Å². The van der Waals surface area contributed by atoms with Gasteiger partial charge in [-0.3, -0.25) is 30.0 Å². The Hall–Kier alpha value is -3.09. The first-order valence-corrected chi connectivity index (χ1v) is 6.83. The molecule has 0 aliphatic heterocycles. The molecule has 23 heavy (non-hydrogen) atoms. The number of carbonyl (C=O) groups is 2. The van der Waals surface area contributed by atoms with Crippen LogP contribution in [0.1, 0.15) is 37.5 Å². The fraction of sp³-hybridized carbons (Fsp3) is 0.188. The lowest BCUT2D eigenvalue weighted by Crippen LogP contribution is -2.31. The molecule has 1 N–H and O–H groups in total. The van der Waals surface area contributed by atoms with Crippen molar-refractivity contribution in [3.05, 3.63) is 68.5 Å². The summed E-state index contributed by atoms with van der Waals surface area (Å²) in [4.78, 5) is 38.5. The summed E-state index contributed by atoms with van der Waals surface area (Å²) in [6, 6.07) is 6.46. The molecule has 2 amide bonds. The minimum atomic E-state index is -0.827. The SMILES string of the molecule is Cc1cc(C)cc(C(=O)NC(=O)c2cc(C)ncc2[N+](=O)[O-])c1. The number of hydrogen-bond donors (Lipinski definition) is 1. The summed E-state index contributed by atoms with van der Waals surface area (Å²) in [7, 11) is 0. The summed E-state index contributed by atoms with van der Waals surface area (Å²) in [5, 5.41) is 13.2. The van der Waals surface area contributed by atoms with Gasteiger partial charge in [0.1, 0.15) is 11.8 Å². The van der Waals surface area contributed by atoms with Gasteiger partial charge >= 0.3 is 0 Å². The smallest absolute Gasteiger partial charge is 0.288 e. The fourth-order valence-electron chi connectivity index (χ4n) is 2.23. The Bertz CT molecular complexity index is 795. The van der Waals surface area contributed by atoms with Crippen molar-refractivity contribution in [3.8, 4) is 0 Å². The van der Waals surface area contributed by atoms with Crippen molar-refractivity contribution in [1.82, 2.24) is 10.3 Å². The van der Waals surface area contributed by atoms with Crippen LogP contribution in [0.4, 0.5) is 5.69 Å². The Morgan fingerprint density at radius 3 is 2.22 bits per heavy atom. The standard InChI is InChI=1S/C16H15N3O4/c1-9-4-10(2)6-12(5-9)15(20)18-16(21)13-7-11(3)17-8-14(13)19(22)23/h4-8H,1-3H3,(H,18,20,21). The summed E-state index contributed by atoms with van der Waals surface area (Å²) in [5.41, 5.74) is 1.90. The van der Waals surface area contributed by atoms with Crippen molar-refractivity contribution in [2.45, 2.75) is 20.8 Å². The zero-order valence-corrected chi connectivity index (χ0v) is 12.9. The summed E-state index contributed by atoms with van der Waals surface area (Å²) < 4.78 is 0. The predicted octanol–water partition coefficient (Wildman–Crippen LogP) is 2.49. The van der Waals surface area contributed by atoms with Crippen LogP contribution in [0, 0.1) is 30.9 Å². The highest BCUT2D eigenvalue weighted by molar-refractivity contribution is 6.11. The molecule has 118 valence electrons. The highest BCUT2D eigenvalue weighted by atomic mass is 16.6. The van der Waals surface area contributed by atoms with Gasteiger partial charge in [-0.15, -0.1) is 0 Å². The molecular formula is C16H15N3O4. The van der Waals surface area contributed by atoms with E-state index in [9.17, 15) is 19.7 Å². The van der Waals surface area contributed by atoms with Crippen LogP contribution >= 0.6 is 0 Å². The second-order valence-corrected chi connectivity index (χ2v) is 5.26. The van der Waals surface area contributed by atoms with E-state index in [1.807, 2.05) is 19.9 Å². The molecule has 1 heterocycles. The summed E-state index contributed by atoms with van der Waals surface area (Å²) in [6.07, 6.45) is 1.01. The number of aryl methyl sites for hydroxylation is 3. The Morgan fingerprint density at radius 2 is 1.65 bits per heavy atom. The largest absolute Gasteiger partial charge is 0.300 e. The second kappa shape index (κ2) is 6.35. The second-order valence-electron chi connectivity index (χ2n) is 5.26. The van der Waals surface area contributed by atoms with Crippen LogP contribution in [0.3, 0.4) is 0 Å². The number of aromatic nitrogens is 1. The predicted molar refractivity (Wildman–Crippen MR) is 83.3 cm³/mol. The Labute approximate surface area is 132 Å². The summed E-state index contributed by atoms with van der Waals surface area (Å²) in [6.45, 7) is 5.28. The lowest BCUT2D eigenvalue weighted by molar-refractivity contribution is -0.385. The number of imide groups is 1. The molecular weight excluding hydrogens is 298 g/mol. The number of amides is 2. The number of hydrogen-bond acceptors (Lipinski definition) is 5. The first kappa shape index (κ1) is 16.3. The van der Waals surface area contributed by atoms with Crippen molar-refractivity contribution >= 4 is 17.5 Å². The highest BCUT2D eigenvalue weighted by Crippen LogP contribution is 2.18. The molecule has 0 radical (unpaired) electrons. The minimum absolute atomic E-state index is 0.194. The van der Waals surface area contributed by atoms with Gasteiger partial charge in [0, 0.05) is 11.3 Å². The van der Waals surface area contributed by atoms with E-state index < -0.39 is 22.4 Å². The summed E-state index contributed by atoms with van der Waals surface area (Å²) in [5.74, 6) is -1.43. The van der Waals surface area contributed by atoms with Gasteiger partial charge in [0.2, 0.25) is 0 Å². The average Bonchev–Trinajstić information content (AvgIpc) is 2.45. The van der Waals surface area contributed by atoms with Crippen molar-refractivity contribution in [2.24, 2.45) is 0 Å². The number of benzene rings is 1. The summed E-state index contributed by atoms with van der Waals surface area (Å²) >= 11 is 0. The maximum Gasteiger partial charge on any atom is 0.300 e. The zero-order chi connectivity index (χ0) is 17.1. The molecule has 1 aromatic carbocycles. The maximum absolute atomic E-state index is 12.2. The number of carbonyl (C=O) groups excluding carboxylic acids is 2. The van der Waals surface area contributed by atoms with E-state index in [0.717, 1.165) is 17.3 Å². The van der Waals surface area contributed by atoms with E-state index in [0.29, 0.717) is 11.3 Å². The van der Waals surface area contributed by atoms with Crippen molar-refractivity contribution in [3.63, 3.8) is 0 Å². The molecule has 0 spiro atoms. The molecule has 0 saturated carbocycles. The van der Waals surface area contributed by atoms with E-state index in [4.69, 9.17) is 0 Å². The molecule has 0 fully saturated rings. The van der Waals surface area contributed by atoms with Gasteiger partial charge in [-0.25, -0.2) is 0 Å². The topological polar surface area (TPSA) is 102 Å². The molecule has 7 heteroatoms. The van der Waals surface area contributed by atoms with E-state index in [1.165, 1.54) is 6.07 Å². The Morgan fingerprint density at radius 1 is 1.04 bits per heavy atom. The molecule has 0 unspecified atom stereocenters. The lowest BCUT2D eigenvalue weighted by atomic mass is 10.1. The van der Waals surface area contributed by atoms with Gasteiger partial charge in [-0.2, -0.15) is 0 Å². The Kier molecular flexibility index (Phi) is 4.49. The van der Waals surface area contributed by atoms with Crippen molar-refractivity contribution < 1.29 is 14.5 Å². The molecule has 2 aromatic rings. The van der Waals surface area contributed by atoms with E-state index in [2.05, 4.69) is 10.3 Å². The highest BCUT2D eigenvalue weighted by Gasteiger charge is 2.23.